The van der Waals surface area contributed by atoms with Gasteiger partial charge < -0.3 is 4.84 Å². The highest BCUT2D eigenvalue weighted by Crippen LogP contribution is 2.09. The van der Waals surface area contributed by atoms with Crippen molar-refractivity contribution in [1.82, 2.24) is 0 Å². The summed E-state index contributed by atoms with van der Waals surface area (Å²) in [6.07, 6.45) is 2.53. The van der Waals surface area contributed by atoms with E-state index in [2.05, 4.69) is 11.4 Å². The van der Waals surface area contributed by atoms with Crippen molar-refractivity contribution >= 4 is 17.8 Å². The van der Waals surface area contributed by atoms with Crippen molar-refractivity contribution < 1.29 is 4.84 Å². The van der Waals surface area contributed by atoms with Crippen molar-refractivity contribution in [2.45, 2.75) is 13.5 Å². The second-order valence-corrected chi connectivity index (χ2v) is 2.65. The summed E-state index contributed by atoms with van der Waals surface area (Å²) < 4.78 is 0. The minimum atomic E-state index is 0.456. The first-order valence-corrected chi connectivity index (χ1v) is 3.94. The number of nitrogens with zero attached hydrogens (tertiary/aromatic N) is 1. The molecule has 0 saturated heterocycles. The van der Waals surface area contributed by atoms with Gasteiger partial charge in [0.25, 0.3) is 0 Å². The molecular formula is C9H9ClNO. The molecular weight excluding hydrogens is 174 g/mol. The summed E-state index contributed by atoms with van der Waals surface area (Å²) in [4.78, 5) is 4.88. The average molecular weight is 183 g/mol. The Kier molecular flexibility index (Phi) is 3.61. The maximum atomic E-state index is 5.70. The highest BCUT2D eigenvalue weighted by molar-refractivity contribution is 6.30. The molecule has 0 N–H and O–H groups in total. The van der Waals surface area contributed by atoms with Crippen LogP contribution in [0, 0.1) is 0 Å². The third-order valence-electron chi connectivity index (χ3n) is 1.30. The van der Waals surface area contributed by atoms with Crippen molar-refractivity contribution in [2.75, 3.05) is 0 Å². The molecule has 0 aromatic heterocycles. The number of hydrogen-bond acceptors (Lipinski definition) is 2. The zero-order valence-corrected chi connectivity index (χ0v) is 7.51. The lowest BCUT2D eigenvalue weighted by Crippen LogP contribution is -1.85. The third-order valence-corrected chi connectivity index (χ3v) is 1.55. The van der Waals surface area contributed by atoms with Crippen molar-refractivity contribution in [3.05, 3.63) is 34.9 Å². The molecule has 0 heterocycles. The van der Waals surface area contributed by atoms with Gasteiger partial charge in [0, 0.05) is 5.02 Å². The largest absolute Gasteiger partial charge is 0.391 e. The summed E-state index contributed by atoms with van der Waals surface area (Å²) >= 11 is 5.70. The van der Waals surface area contributed by atoms with Crippen molar-refractivity contribution in [3.63, 3.8) is 0 Å². The lowest BCUT2D eigenvalue weighted by Gasteiger charge is -1.98. The van der Waals surface area contributed by atoms with Crippen LogP contribution in [0.15, 0.2) is 29.4 Å². The number of halogens is 1. The Morgan fingerprint density at radius 1 is 1.42 bits per heavy atom. The van der Waals surface area contributed by atoms with Gasteiger partial charge in [0.2, 0.25) is 0 Å². The van der Waals surface area contributed by atoms with Crippen LogP contribution in [-0.4, -0.2) is 6.21 Å². The predicted octanol–water partition coefficient (Wildman–Crippen LogP) is 2.74. The van der Waals surface area contributed by atoms with E-state index in [0.29, 0.717) is 6.61 Å². The van der Waals surface area contributed by atoms with Crippen molar-refractivity contribution in [1.29, 1.82) is 0 Å². The van der Waals surface area contributed by atoms with Gasteiger partial charge in [-0.25, -0.2) is 0 Å². The highest BCUT2D eigenvalue weighted by Gasteiger charge is 1.91. The topological polar surface area (TPSA) is 21.6 Å². The second kappa shape index (κ2) is 4.78. The minimum absolute atomic E-state index is 0.456. The molecule has 0 unspecified atom stereocenters. The van der Waals surface area contributed by atoms with Crippen LogP contribution in [0.4, 0.5) is 0 Å². The molecule has 1 aromatic rings. The van der Waals surface area contributed by atoms with Gasteiger partial charge in [-0.1, -0.05) is 28.9 Å². The van der Waals surface area contributed by atoms with Crippen LogP contribution >= 0.6 is 11.6 Å². The Labute approximate surface area is 76.8 Å². The van der Waals surface area contributed by atoms with Gasteiger partial charge in [0.1, 0.15) is 12.8 Å². The van der Waals surface area contributed by atoms with E-state index in [0.717, 1.165) is 10.6 Å². The molecule has 2 nitrogen and oxygen atoms in total. The predicted molar refractivity (Wildman–Crippen MR) is 49.4 cm³/mol. The minimum Gasteiger partial charge on any atom is -0.391 e. The quantitative estimate of drug-likeness (QED) is 0.520. The lowest BCUT2D eigenvalue weighted by atomic mass is 10.2. The van der Waals surface area contributed by atoms with Gasteiger partial charge in [0.05, 0.1) is 0 Å². The smallest absolute Gasteiger partial charge is 0.142 e. The molecule has 0 atom stereocenters. The Morgan fingerprint density at radius 3 is 2.67 bits per heavy atom. The van der Waals surface area contributed by atoms with Gasteiger partial charge in [-0.15, -0.1) is 0 Å². The van der Waals surface area contributed by atoms with Crippen LogP contribution in [0.5, 0.6) is 0 Å². The second-order valence-electron chi connectivity index (χ2n) is 2.21. The molecule has 1 rings (SSSR count). The Bertz CT molecular complexity index is 256. The SMILES string of the molecule is C/[C]=N\OCc1ccc(Cl)cc1. The molecule has 0 aliphatic rings. The van der Waals surface area contributed by atoms with E-state index in [1.165, 1.54) is 0 Å². The first-order valence-electron chi connectivity index (χ1n) is 3.56. The fourth-order valence-corrected chi connectivity index (χ4v) is 0.878. The van der Waals surface area contributed by atoms with Crippen molar-refractivity contribution in [2.24, 2.45) is 5.16 Å². The van der Waals surface area contributed by atoms with E-state index >= 15 is 0 Å². The molecule has 1 aromatic carbocycles. The Balaban J connectivity index is 2.47. The molecule has 0 saturated carbocycles. The van der Waals surface area contributed by atoms with E-state index in [4.69, 9.17) is 16.4 Å². The Hall–Kier alpha value is -1.02. The molecule has 1 radical (unpaired) electrons. The van der Waals surface area contributed by atoms with Gasteiger partial charge in [0.15, 0.2) is 0 Å². The van der Waals surface area contributed by atoms with Crippen LogP contribution in [0.1, 0.15) is 12.5 Å². The van der Waals surface area contributed by atoms with Gasteiger partial charge in [-0.3, -0.25) is 0 Å². The van der Waals surface area contributed by atoms with Crippen LogP contribution in [0.25, 0.3) is 0 Å². The van der Waals surface area contributed by atoms with E-state index in [-0.39, 0.29) is 0 Å². The van der Waals surface area contributed by atoms with Crippen LogP contribution in [0.3, 0.4) is 0 Å². The molecule has 3 heteroatoms. The first-order chi connectivity index (χ1) is 5.83. The maximum Gasteiger partial charge on any atom is 0.142 e. The molecule has 0 amide bonds. The standard InChI is InChI=1S/C9H9ClNO/c1-2-11-12-7-8-3-5-9(10)6-4-8/h3-6H,7H2,1H3. The van der Waals surface area contributed by atoms with Crippen LogP contribution in [-0.2, 0) is 11.4 Å². The normalized spacial score (nSPS) is 10.5. The van der Waals surface area contributed by atoms with E-state index in [9.17, 15) is 0 Å². The van der Waals surface area contributed by atoms with Gasteiger partial charge in [-0.05, 0) is 24.6 Å². The molecule has 0 aliphatic carbocycles. The fraction of sp³-hybridized carbons (Fsp3) is 0.222. The molecule has 63 valence electrons. The first kappa shape index (κ1) is 9.07. The molecule has 0 aliphatic heterocycles. The summed E-state index contributed by atoms with van der Waals surface area (Å²) in [6, 6.07) is 7.43. The van der Waals surface area contributed by atoms with E-state index in [1.807, 2.05) is 24.3 Å². The van der Waals surface area contributed by atoms with Gasteiger partial charge in [-0.2, -0.15) is 0 Å². The van der Waals surface area contributed by atoms with Gasteiger partial charge >= 0.3 is 0 Å². The monoisotopic (exact) mass is 182 g/mol. The van der Waals surface area contributed by atoms with Crippen molar-refractivity contribution in [3.8, 4) is 0 Å². The summed E-state index contributed by atoms with van der Waals surface area (Å²) in [6.45, 7) is 2.14. The summed E-state index contributed by atoms with van der Waals surface area (Å²) in [5.74, 6) is 0. The highest BCUT2D eigenvalue weighted by atomic mass is 35.5. The molecule has 0 fully saturated rings. The molecule has 12 heavy (non-hydrogen) atoms. The van der Waals surface area contributed by atoms with E-state index in [1.54, 1.807) is 6.92 Å². The average Bonchev–Trinajstić information content (AvgIpc) is 2.09. The van der Waals surface area contributed by atoms with E-state index < -0.39 is 0 Å². The fourth-order valence-electron chi connectivity index (χ4n) is 0.752. The maximum absolute atomic E-state index is 5.70. The molecule has 0 bridgehead atoms. The summed E-state index contributed by atoms with van der Waals surface area (Å²) in [5, 5.41) is 4.23. The Morgan fingerprint density at radius 2 is 2.08 bits per heavy atom. The zero-order chi connectivity index (χ0) is 8.81. The van der Waals surface area contributed by atoms with Crippen LogP contribution < -0.4 is 0 Å². The summed E-state index contributed by atoms with van der Waals surface area (Å²) in [5.41, 5.74) is 1.04. The summed E-state index contributed by atoms with van der Waals surface area (Å²) in [7, 11) is 0. The number of benzene rings is 1. The zero-order valence-electron chi connectivity index (χ0n) is 6.75. The number of rotatable bonds is 3. The lowest BCUT2D eigenvalue weighted by molar-refractivity contribution is 0.132. The van der Waals surface area contributed by atoms with Crippen LogP contribution in [0.2, 0.25) is 5.02 Å². The molecule has 0 spiro atoms. The third kappa shape index (κ3) is 2.93. The number of hydrogen-bond donors (Lipinski definition) is 0.